The van der Waals surface area contributed by atoms with E-state index < -0.39 is 18.1 Å². The highest BCUT2D eigenvalue weighted by atomic mass is 16.5. The van der Waals surface area contributed by atoms with E-state index in [1.165, 1.54) is 6.20 Å². The summed E-state index contributed by atoms with van der Waals surface area (Å²) in [7, 11) is 0. The molecule has 0 spiro atoms. The van der Waals surface area contributed by atoms with Gasteiger partial charge >= 0.3 is 5.97 Å². The minimum atomic E-state index is -0.673. The fourth-order valence-electron chi connectivity index (χ4n) is 2.61. The number of carbonyl (C=O) groups excluding carboxylic acids is 2. The highest BCUT2D eigenvalue weighted by molar-refractivity contribution is 5.92. The third-order valence-corrected chi connectivity index (χ3v) is 3.95. The van der Waals surface area contributed by atoms with Gasteiger partial charge in [0.25, 0.3) is 5.91 Å². The van der Waals surface area contributed by atoms with Gasteiger partial charge in [0, 0.05) is 12.4 Å². The molecule has 2 unspecified atom stereocenters. The van der Waals surface area contributed by atoms with Gasteiger partial charge in [0.2, 0.25) is 0 Å². The quantitative estimate of drug-likeness (QED) is 0.682. The monoisotopic (exact) mass is 361 g/mol. The lowest BCUT2D eigenvalue weighted by Crippen LogP contribution is -2.39. The zero-order chi connectivity index (χ0) is 19.1. The molecule has 3 rings (SSSR count). The van der Waals surface area contributed by atoms with E-state index >= 15 is 0 Å². The smallest absolute Gasteiger partial charge is 0.357 e. The van der Waals surface area contributed by atoms with Crippen LogP contribution in [0.5, 0.6) is 0 Å². The lowest BCUT2D eigenvalue weighted by atomic mass is 10.0. The number of aromatic nitrogens is 2. The molecule has 136 valence electrons. The highest BCUT2D eigenvalue weighted by Gasteiger charge is 2.26. The van der Waals surface area contributed by atoms with Crippen molar-refractivity contribution < 1.29 is 14.3 Å². The van der Waals surface area contributed by atoms with E-state index in [1.54, 1.807) is 49.5 Å². The van der Waals surface area contributed by atoms with E-state index in [4.69, 9.17) is 4.74 Å². The first-order chi connectivity index (χ1) is 13.1. The number of pyridine rings is 2. The van der Waals surface area contributed by atoms with Crippen LogP contribution in [0.15, 0.2) is 79.1 Å². The summed E-state index contributed by atoms with van der Waals surface area (Å²) in [5.74, 6) is -0.888. The number of esters is 1. The van der Waals surface area contributed by atoms with Gasteiger partial charge in [-0.05, 0) is 36.8 Å². The maximum atomic E-state index is 12.5. The molecule has 0 radical (unpaired) electrons. The van der Waals surface area contributed by atoms with Crippen molar-refractivity contribution in [2.45, 2.75) is 19.1 Å². The number of rotatable bonds is 6. The first kappa shape index (κ1) is 18.3. The fourth-order valence-corrected chi connectivity index (χ4v) is 2.61. The number of carbonyl (C=O) groups is 2. The molecule has 0 saturated carbocycles. The van der Waals surface area contributed by atoms with Crippen LogP contribution < -0.4 is 5.32 Å². The molecule has 0 bridgehead atoms. The standard InChI is InChI=1S/C21H19N3O3/c1-15(24-20(25)17-11-5-7-13-22-17)19(16-9-3-2-4-10-16)27-21(26)18-12-6-8-14-23-18/h2-15,19H,1H3,(H,24,25). The largest absolute Gasteiger partial charge is 0.451 e. The zero-order valence-corrected chi connectivity index (χ0v) is 14.8. The Morgan fingerprint density at radius 1 is 0.852 bits per heavy atom. The first-order valence-electron chi connectivity index (χ1n) is 8.54. The van der Waals surface area contributed by atoms with E-state index in [0.29, 0.717) is 5.69 Å². The minimum absolute atomic E-state index is 0.210. The average Bonchev–Trinajstić information content (AvgIpc) is 2.73. The number of nitrogens with zero attached hydrogens (tertiary/aromatic N) is 2. The second-order valence-corrected chi connectivity index (χ2v) is 5.93. The van der Waals surface area contributed by atoms with Gasteiger partial charge in [0.05, 0.1) is 6.04 Å². The normalized spacial score (nSPS) is 12.6. The molecule has 2 heterocycles. The number of nitrogens with one attached hydrogen (secondary N) is 1. The topological polar surface area (TPSA) is 81.2 Å². The Morgan fingerprint density at radius 2 is 1.44 bits per heavy atom. The molecule has 0 aliphatic heterocycles. The van der Waals surface area contributed by atoms with Crippen LogP contribution in [0.25, 0.3) is 0 Å². The molecule has 2 atom stereocenters. The molecule has 6 nitrogen and oxygen atoms in total. The van der Waals surface area contributed by atoms with Crippen molar-refractivity contribution in [3.8, 4) is 0 Å². The molecule has 0 saturated heterocycles. The molecule has 0 aliphatic carbocycles. The summed E-state index contributed by atoms with van der Waals surface area (Å²) in [6, 6.07) is 18.9. The van der Waals surface area contributed by atoms with Crippen molar-refractivity contribution in [2.75, 3.05) is 0 Å². The molecule has 1 N–H and O–H groups in total. The van der Waals surface area contributed by atoms with E-state index in [9.17, 15) is 9.59 Å². The molecule has 0 fully saturated rings. The van der Waals surface area contributed by atoms with Gasteiger partial charge in [-0.25, -0.2) is 9.78 Å². The predicted molar refractivity (Wildman–Crippen MR) is 100 cm³/mol. The van der Waals surface area contributed by atoms with Crippen LogP contribution >= 0.6 is 0 Å². The molecule has 0 aliphatic rings. The van der Waals surface area contributed by atoms with Gasteiger partial charge in [-0.15, -0.1) is 0 Å². The SMILES string of the molecule is CC(NC(=O)c1ccccn1)C(OC(=O)c1ccccn1)c1ccccc1. The van der Waals surface area contributed by atoms with Gasteiger partial charge in [0.1, 0.15) is 17.5 Å². The zero-order valence-electron chi connectivity index (χ0n) is 14.8. The Morgan fingerprint density at radius 3 is 2.04 bits per heavy atom. The fraction of sp³-hybridized carbons (Fsp3) is 0.143. The minimum Gasteiger partial charge on any atom is -0.451 e. The Hall–Kier alpha value is -3.54. The van der Waals surface area contributed by atoms with Crippen LogP contribution in [0.4, 0.5) is 0 Å². The van der Waals surface area contributed by atoms with Crippen LogP contribution in [0.3, 0.4) is 0 Å². The van der Waals surface area contributed by atoms with Gasteiger partial charge in [0.15, 0.2) is 0 Å². The van der Waals surface area contributed by atoms with E-state index in [1.807, 2.05) is 30.3 Å². The molecule has 27 heavy (non-hydrogen) atoms. The molecule has 2 aromatic heterocycles. The van der Waals surface area contributed by atoms with Crippen molar-refractivity contribution >= 4 is 11.9 Å². The average molecular weight is 361 g/mol. The summed E-state index contributed by atoms with van der Waals surface area (Å²) in [6.45, 7) is 1.78. The van der Waals surface area contributed by atoms with Crippen LogP contribution in [0.1, 0.15) is 39.6 Å². The van der Waals surface area contributed by atoms with Gasteiger partial charge in [-0.2, -0.15) is 0 Å². The lowest BCUT2D eigenvalue weighted by molar-refractivity contribution is 0.0201. The van der Waals surface area contributed by atoms with Crippen LogP contribution in [-0.4, -0.2) is 27.9 Å². The Bertz CT molecular complexity index is 886. The maximum absolute atomic E-state index is 12.5. The van der Waals surface area contributed by atoms with Crippen LogP contribution in [-0.2, 0) is 4.74 Å². The highest BCUT2D eigenvalue weighted by Crippen LogP contribution is 2.23. The number of hydrogen-bond acceptors (Lipinski definition) is 5. The van der Waals surface area contributed by atoms with Gasteiger partial charge < -0.3 is 10.1 Å². The second-order valence-electron chi connectivity index (χ2n) is 5.93. The predicted octanol–water partition coefficient (Wildman–Crippen LogP) is 3.19. The molecular formula is C21H19N3O3. The number of benzene rings is 1. The summed E-state index contributed by atoms with van der Waals surface area (Å²) in [6.07, 6.45) is 2.41. The summed E-state index contributed by atoms with van der Waals surface area (Å²) in [4.78, 5) is 33.0. The molecule has 3 aromatic rings. The van der Waals surface area contributed by atoms with Gasteiger partial charge in [-0.3, -0.25) is 9.78 Å². The van der Waals surface area contributed by atoms with E-state index in [-0.39, 0.29) is 11.6 Å². The Kier molecular flexibility index (Phi) is 5.89. The Labute approximate surface area is 157 Å². The summed E-state index contributed by atoms with van der Waals surface area (Å²) < 4.78 is 5.68. The van der Waals surface area contributed by atoms with Crippen molar-refractivity contribution in [3.63, 3.8) is 0 Å². The number of amides is 1. The van der Waals surface area contributed by atoms with Crippen LogP contribution in [0, 0.1) is 0 Å². The summed E-state index contributed by atoms with van der Waals surface area (Å²) in [5.41, 5.74) is 1.28. The van der Waals surface area contributed by atoms with E-state index in [0.717, 1.165) is 5.56 Å². The summed E-state index contributed by atoms with van der Waals surface area (Å²) >= 11 is 0. The Balaban J connectivity index is 1.79. The van der Waals surface area contributed by atoms with Crippen molar-refractivity contribution in [3.05, 3.63) is 96.1 Å². The van der Waals surface area contributed by atoms with Crippen molar-refractivity contribution in [1.82, 2.24) is 15.3 Å². The third-order valence-electron chi connectivity index (χ3n) is 3.95. The van der Waals surface area contributed by atoms with Crippen molar-refractivity contribution in [1.29, 1.82) is 0 Å². The summed E-state index contributed by atoms with van der Waals surface area (Å²) in [5, 5.41) is 2.85. The van der Waals surface area contributed by atoms with Crippen LogP contribution in [0.2, 0.25) is 0 Å². The lowest BCUT2D eigenvalue weighted by Gasteiger charge is -2.25. The van der Waals surface area contributed by atoms with E-state index in [2.05, 4.69) is 15.3 Å². The molecule has 6 heteroatoms. The molecule has 1 aromatic carbocycles. The maximum Gasteiger partial charge on any atom is 0.357 e. The first-order valence-corrected chi connectivity index (χ1v) is 8.54. The molecular weight excluding hydrogens is 342 g/mol. The second kappa shape index (κ2) is 8.71. The van der Waals surface area contributed by atoms with Crippen molar-refractivity contribution in [2.24, 2.45) is 0 Å². The molecule has 1 amide bonds. The van der Waals surface area contributed by atoms with Gasteiger partial charge in [-0.1, -0.05) is 42.5 Å². The third kappa shape index (κ3) is 4.76. The number of hydrogen-bond donors (Lipinski definition) is 1. The number of ether oxygens (including phenoxy) is 1.